The Hall–Kier alpha value is -3.30. The second-order valence-electron chi connectivity index (χ2n) is 10.6. The van der Waals surface area contributed by atoms with Crippen LogP contribution in [0.5, 0.6) is 5.75 Å². The van der Waals surface area contributed by atoms with E-state index >= 15 is 0 Å². The highest BCUT2D eigenvalue weighted by atomic mass is 16.6. The molecule has 0 aliphatic carbocycles. The summed E-state index contributed by atoms with van der Waals surface area (Å²) in [5.74, 6) is -1.72. The van der Waals surface area contributed by atoms with Gasteiger partial charge in [0.2, 0.25) is 17.7 Å². The van der Waals surface area contributed by atoms with Gasteiger partial charge in [-0.25, -0.2) is 4.79 Å². The summed E-state index contributed by atoms with van der Waals surface area (Å²) in [6.07, 6.45) is 3.70. The van der Waals surface area contributed by atoms with E-state index in [1.807, 2.05) is 6.92 Å². The number of nitrogens with one attached hydrogen (secondary N) is 2. The van der Waals surface area contributed by atoms with E-state index in [9.17, 15) is 24.3 Å². The van der Waals surface area contributed by atoms with Crippen LogP contribution < -0.4 is 16.4 Å². The summed E-state index contributed by atoms with van der Waals surface area (Å²) >= 11 is 0. The summed E-state index contributed by atoms with van der Waals surface area (Å²) in [5, 5.41) is 15.5. The van der Waals surface area contributed by atoms with Crippen molar-refractivity contribution in [3.63, 3.8) is 0 Å². The van der Waals surface area contributed by atoms with Crippen LogP contribution in [0, 0.1) is 6.92 Å². The molecule has 0 spiro atoms. The van der Waals surface area contributed by atoms with Crippen molar-refractivity contribution in [3.8, 4) is 5.75 Å². The highest BCUT2D eigenvalue weighted by Gasteiger charge is 2.36. The van der Waals surface area contributed by atoms with E-state index in [-0.39, 0.29) is 18.2 Å². The van der Waals surface area contributed by atoms with Gasteiger partial charge in [0.25, 0.3) is 0 Å². The van der Waals surface area contributed by atoms with Crippen molar-refractivity contribution >= 4 is 23.8 Å². The first kappa shape index (κ1) is 32.7. The van der Waals surface area contributed by atoms with Gasteiger partial charge in [-0.2, -0.15) is 0 Å². The first-order valence-corrected chi connectivity index (χ1v) is 13.5. The summed E-state index contributed by atoms with van der Waals surface area (Å²) in [7, 11) is 0. The number of phenolic OH excluding ortho intramolecular Hbond substituents is 1. The fraction of sp³-hybridized carbons (Fsp3) is 0.643. The van der Waals surface area contributed by atoms with Crippen molar-refractivity contribution in [1.29, 1.82) is 0 Å². The maximum atomic E-state index is 14.0. The predicted octanol–water partition coefficient (Wildman–Crippen LogP) is 3.84. The van der Waals surface area contributed by atoms with Gasteiger partial charge >= 0.3 is 6.09 Å². The van der Waals surface area contributed by atoms with Crippen LogP contribution in [0.15, 0.2) is 18.2 Å². The number of carbonyl (C=O) groups excluding carboxylic acids is 4. The molecule has 0 saturated heterocycles. The zero-order chi connectivity index (χ0) is 28.9. The Balaban J connectivity index is 3.50. The first-order valence-electron chi connectivity index (χ1n) is 13.5. The lowest BCUT2D eigenvalue weighted by molar-refractivity contribution is -0.143. The third-order valence-electron chi connectivity index (χ3n) is 5.86. The lowest BCUT2D eigenvalue weighted by atomic mass is 9.99. The topological polar surface area (TPSA) is 151 Å². The molecule has 1 rings (SSSR count). The third-order valence-corrected chi connectivity index (χ3v) is 5.86. The number of hydrogen-bond donors (Lipinski definition) is 4. The van der Waals surface area contributed by atoms with E-state index in [0.29, 0.717) is 24.1 Å². The van der Waals surface area contributed by atoms with E-state index in [1.165, 1.54) is 11.0 Å². The van der Waals surface area contributed by atoms with Crippen LogP contribution in [0.25, 0.3) is 0 Å². The monoisotopic (exact) mass is 534 g/mol. The van der Waals surface area contributed by atoms with Crippen molar-refractivity contribution in [2.24, 2.45) is 5.73 Å². The Morgan fingerprint density at radius 2 is 1.71 bits per heavy atom. The van der Waals surface area contributed by atoms with Crippen LogP contribution in [0.1, 0.15) is 96.7 Å². The summed E-state index contributed by atoms with van der Waals surface area (Å²) in [5.41, 5.74) is 5.66. The number of unbranched alkanes of at least 4 members (excludes halogenated alkanes) is 4. The van der Waals surface area contributed by atoms with Gasteiger partial charge in [0.1, 0.15) is 23.4 Å². The number of aromatic hydroxyl groups is 1. The number of alkyl carbamates (subject to hydrolysis) is 1. The minimum absolute atomic E-state index is 0.0675. The van der Waals surface area contributed by atoms with Crippen LogP contribution in [0.3, 0.4) is 0 Å². The Bertz CT molecular complexity index is 944. The Morgan fingerprint density at radius 1 is 1.05 bits per heavy atom. The number of rotatable bonds is 15. The number of nitrogens with zero attached hydrogens (tertiary/aromatic N) is 1. The molecule has 5 N–H and O–H groups in total. The highest BCUT2D eigenvalue weighted by molar-refractivity contribution is 5.94. The molecular formula is C28H46N4O6. The number of primary amides is 1. The van der Waals surface area contributed by atoms with Gasteiger partial charge in [-0.15, -0.1) is 0 Å². The van der Waals surface area contributed by atoms with Crippen LogP contribution in [-0.2, 0) is 19.1 Å². The van der Waals surface area contributed by atoms with Gasteiger partial charge in [0, 0.05) is 13.1 Å². The Kier molecular flexibility index (Phi) is 13.6. The largest absolute Gasteiger partial charge is 0.508 e. The number of benzene rings is 1. The van der Waals surface area contributed by atoms with E-state index in [1.54, 1.807) is 39.8 Å². The van der Waals surface area contributed by atoms with Gasteiger partial charge in [-0.05, 0) is 63.8 Å². The second-order valence-corrected chi connectivity index (χ2v) is 10.6. The quantitative estimate of drug-likeness (QED) is 0.251. The number of nitrogens with two attached hydrogens (primary N) is 1. The fourth-order valence-electron chi connectivity index (χ4n) is 3.93. The molecule has 0 radical (unpaired) electrons. The molecule has 0 bridgehead atoms. The zero-order valence-electron chi connectivity index (χ0n) is 23.8. The van der Waals surface area contributed by atoms with Gasteiger partial charge in [0.05, 0.1) is 6.42 Å². The minimum Gasteiger partial charge on any atom is -0.508 e. The highest BCUT2D eigenvalue weighted by Crippen LogP contribution is 2.28. The molecule has 214 valence electrons. The lowest BCUT2D eigenvalue weighted by Crippen LogP contribution is -2.54. The summed E-state index contributed by atoms with van der Waals surface area (Å²) in [4.78, 5) is 53.3. The number of phenols is 1. The van der Waals surface area contributed by atoms with E-state index < -0.39 is 42.0 Å². The number of amides is 4. The van der Waals surface area contributed by atoms with E-state index in [2.05, 4.69) is 17.6 Å². The molecular weight excluding hydrogens is 488 g/mol. The maximum Gasteiger partial charge on any atom is 0.408 e. The Labute approximate surface area is 226 Å². The molecule has 0 heterocycles. The number of carbonyl (C=O) groups is 4. The molecule has 0 fully saturated rings. The molecule has 1 aromatic carbocycles. The average Bonchev–Trinajstić information content (AvgIpc) is 2.80. The third kappa shape index (κ3) is 11.4. The van der Waals surface area contributed by atoms with E-state index in [0.717, 1.165) is 32.1 Å². The van der Waals surface area contributed by atoms with Gasteiger partial charge in [0.15, 0.2) is 0 Å². The second kappa shape index (κ2) is 15.8. The number of ether oxygens (including phenoxy) is 1. The van der Waals surface area contributed by atoms with Crippen molar-refractivity contribution in [1.82, 2.24) is 15.5 Å². The standard InChI is InChI=1S/C28H46N4O6/c1-7-9-11-12-16-32(26(36)21(18-23(29)34)31-27(37)38-28(4,5)6)24(25(35)30-15-10-8-2)20-13-14-22(33)19(3)17-20/h13-14,17,21,24,33H,7-12,15-16,18H2,1-6H3,(H2,29,34)(H,30,35)(H,31,37). The van der Waals surface area contributed by atoms with Gasteiger partial charge in [-0.3, -0.25) is 14.4 Å². The Morgan fingerprint density at radius 3 is 2.26 bits per heavy atom. The summed E-state index contributed by atoms with van der Waals surface area (Å²) in [6.45, 7) is 11.5. The molecule has 0 aliphatic heterocycles. The fourth-order valence-corrected chi connectivity index (χ4v) is 3.93. The van der Waals surface area contributed by atoms with Crippen molar-refractivity contribution in [2.75, 3.05) is 13.1 Å². The molecule has 10 nitrogen and oxygen atoms in total. The normalized spacial score (nSPS) is 12.8. The first-order chi connectivity index (χ1) is 17.8. The molecule has 2 atom stereocenters. The summed E-state index contributed by atoms with van der Waals surface area (Å²) in [6, 6.07) is 2.38. The lowest BCUT2D eigenvalue weighted by Gasteiger charge is -2.34. The predicted molar refractivity (Wildman–Crippen MR) is 146 cm³/mol. The molecule has 2 unspecified atom stereocenters. The minimum atomic E-state index is -1.32. The van der Waals surface area contributed by atoms with Crippen molar-refractivity contribution < 1.29 is 29.0 Å². The number of aryl methyl sites for hydroxylation is 1. The van der Waals surface area contributed by atoms with Crippen LogP contribution >= 0.6 is 0 Å². The molecule has 0 aliphatic rings. The molecule has 10 heteroatoms. The molecule has 1 aromatic rings. The molecule has 0 aromatic heterocycles. The van der Waals surface area contributed by atoms with Gasteiger partial charge < -0.3 is 31.1 Å². The van der Waals surface area contributed by atoms with E-state index in [4.69, 9.17) is 10.5 Å². The molecule has 0 saturated carbocycles. The molecule has 4 amide bonds. The van der Waals surface area contributed by atoms with Crippen LogP contribution in [0.4, 0.5) is 4.79 Å². The molecule has 38 heavy (non-hydrogen) atoms. The van der Waals surface area contributed by atoms with Crippen molar-refractivity contribution in [3.05, 3.63) is 29.3 Å². The van der Waals surface area contributed by atoms with Crippen molar-refractivity contribution in [2.45, 2.75) is 104 Å². The summed E-state index contributed by atoms with van der Waals surface area (Å²) < 4.78 is 5.30. The van der Waals surface area contributed by atoms with Crippen LogP contribution in [0.2, 0.25) is 0 Å². The van der Waals surface area contributed by atoms with Crippen LogP contribution in [-0.4, -0.2) is 58.6 Å². The smallest absolute Gasteiger partial charge is 0.408 e. The van der Waals surface area contributed by atoms with Gasteiger partial charge in [-0.1, -0.05) is 45.6 Å². The maximum absolute atomic E-state index is 14.0. The SMILES string of the molecule is CCCCCCN(C(=O)C(CC(N)=O)NC(=O)OC(C)(C)C)C(C(=O)NCCCC)c1ccc(O)c(C)c1. The average molecular weight is 535 g/mol. The zero-order valence-corrected chi connectivity index (χ0v) is 23.8. The number of hydrogen-bond acceptors (Lipinski definition) is 6.